The van der Waals surface area contributed by atoms with Crippen LogP contribution in [0.4, 0.5) is 13.2 Å². The first kappa shape index (κ1) is 17.2. The van der Waals surface area contributed by atoms with E-state index in [1.54, 1.807) is 0 Å². The minimum Gasteiger partial charge on any atom is -0.455 e. The van der Waals surface area contributed by atoms with Crippen LogP contribution in [-0.2, 0) is 20.4 Å². The van der Waals surface area contributed by atoms with Gasteiger partial charge in [0.15, 0.2) is 12.2 Å². The molecule has 126 valence electrons. The van der Waals surface area contributed by atoms with Crippen molar-refractivity contribution < 1.29 is 42.4 Å². The van der Waals surface area contributed by atoms with Gasteiger partial charge in [0.1, 0.15) is 6.10 Å². The highest BCUT2D eigenvalue weighted by Crippen LogP contribution is 2.30. The molecule has 6 nitrogen and oxygen atoms in total. The van der Waals surface area contributed by atoms with E-state index in [-0.39, 0.29) is 12.0 Å². The van der Waals surface area contributed by atoms with Crippen LogP contribution in [0.25, 0.3) is 0 Å². The maximum atomic E-state index is 12.6. The number of hydrogen-bond donors (Lipinski definition) is 2. The van der Waals surface area contributed by atoms with Gasteiger partial charge in [-0.25, -0.2) is 4.79 Å². The number of cyclic esters (lactones) is 1. The Morgan fingerprint density at radius 2 is 2.13 bits per heavy atom. The normalized spacial score (nSPS) is 22.6. The summed E-state index contributed by atoms with van der Waals surface area (Å²) >= 11 is 0. The van der Waals surface area contributed by atoms with Crippen LogP contribution in [0.2, 0.25) is 0 Å². The Morgan fingerprint density at radius 1 is 1.43 bits per heavy atom. The third kappa shape index (κ3) is 3.99. The second-order valence-electron chi connectivity index (χ2n) is 4.93. The van der Waals surface area contributed by atoms with Crippen LogP contribution in [0, 0.1) is 0 Å². The number of carbonyl (C=O) groups excluding carboxylic acids is 2. The summed E-state index contributed by atoms with van der Waals surface area (Å²) in [5.74, 6) is -1.83. The Bertz CT molecular complexity index is 600. The maximum Gasteiger partial charge on any atom is 0.416 e. The quantitative estimate of drug-likeness (QED) is 0.795. The van der Waals surface area contributed by atoms with E-state index < -0.39 is 48.6 Å². The number of aliphatic hydroxyl groups excluding tert-OH is 2. The molecule has 1 aromatic rings. The number of carbonyl (C=O) groups is 2. The molecular formula is C14H13F3O6. The second kappa shape index (κ2) is 6.55. The summed E-state index contributed by atoms with van der Waals surface area (Å²) < 4.78 is 47.6. The first-order valence-electron chi connectivity index (χ1n) is 6.59. The van der Waals surface area contributed by atoms with E-state index in [4.69, 9.17) is 14.6 Å². The lowest BCUT2D eigenvalue weighted by atomic mass is 10.1. The SMILES string of the molecule is O=C1C[C@@H](OC(=O)c2cccc(C(F)(F)F)c2)[C@@H]([C@H](O)CO)O1. The highest BCUT2D eigenvalue weighted by Gasteiger charge is 2.42. The van der Waals surface area contributed by atoms with Gasteiger partial charge >= 0.3 is 18.1 Å². The molecule has 0 spiro atoms. The smallest absolute Gasteiger partial charge is 0.416 e. The monoisotopic (exact) mass is 334 g/mol. The molecule has 1 heterocycles. The van der Waals surface area contributed by atoms with E-state index in [0.717, 1.165) is 18.2 Å². The molecule has 2 rings (SSSR count). The summed E-state index contributed by atoms with van der Waals surface area (Å²) in [7, 11) is 0. The number of alkyl halides is 3. The number of aliphatic hydroxyl groups is 2. The lowest BCUT2D eigenvalue weighted by Gasteiger charge is -2.21. The standard InChI is InChI=1S/C14H13F3O6/c15-14(16,17)8-3-1-2-7(4-8)13(21)22-10-5-11(20)23-12(10)9(19)6-18/h1-4,9-10,12,18-19H,5-6H2/t9-,10-,12-/m1/s1. The molecule has 1 saturated heterocycles. The van der Waals surface area contributed by atoms with Crippen molar-refractivity contribution in [1.82, 2.24) is 0 Å². The summed E-state index contributed by atoms with van der Waals surface area (Å²) in [6, 6.07) is 3.61. The molecule has 1 aliphatic heterocycles. The zero-order chi connectivity index (χ0) is 17.2. The minimum atomic E-state index is -4.61. The summed E-state index contributed by atoms with van der Waals surface area (Å²) in [6.45, 7) is -0.727. The lowest BCUT2D eigenvalue weighted by molar-refractivity contribution is -0.148. The first-order chi connectivity index (χ1) is 10.7. The van der Waals surface area contributed by atoms with Crippen molar-refractivity contribution in [2.45, 2.75) is 30.9 Å². The van der Waals surface area contributed by atoms with Gasteiger partial charge in [-0.05, 0) is 18.2 Å². The first-order valence-corrected chi connectivity index (χ1v) is 6.59. The zero-order valence-corrected chi connectivity index (χ0v) is 11.6. The average molecular weight is 334 g/mol. The molecule has 2 N–H and O–H groups in total. The molecule has 1 aromatic carbocycles. The van der Waals surface area contributed by atoms with Crippen LogP contribution < -0.4 is 0 Å². The van der Waals surface area contributed by atoms with Crippen molar-refractivity contribution in [1.29, 1.82) is 0 Å². The summed E-state index contributed by atoms with van der Waals surface area (Å²) in [5, 5.41) is 18.4. The van der Waals surface area contributed by atoms with Gasteiger partial charge in [-0.3, -0.25) is 4.79 Å². The molecule has 3 atom stereocenters. The van der Waals surface area contributed by atoms with E-state index in [1.807, 2.05) is 0 Å². The van der Waals surface area contributed by atoms with Gasteiger partial charge in [-0.1, -0.05) is 6.07 Å². The van der Waals surface area contributed by atoms with Gasteiger partial charge < -0.3 is 19.7 Å². The van der Waals surface area contributed by atoms with Crippen LogP contribution in [0.5, 0.6) is 0 Å². The van der Waals surface area contributed by atoms with Crippen LogP contribution in [0.3, 0.4) is 0 Å². The molecule has 0 saturated carbocycles. The molecule has 0 aromatic heterocycles. The predicted molar refractivity (Wildman–Crippen MR) is 68.2 cm³/mol. The van der Waals surface area contributed by atoms with Crippen molar-refractivity contribution in [3.8, 4) is 0 Å². The van der Waals surface area contributed by atoms with Crippen LogP contribution in [-0.4, -0.2) is 47.1 Å². The molecule has 9 heteroatoms. The molecule has 1 aliphatic rings. The predicted octanol–water partition coefficient (Wildman–Crippen LogP) is 0.899. The Labute approximate surface area is 128 Å². The summed E-state index contributed by atoms with van der Waals surface area (Å²) in [6.07, 6.45) is -8.88. The minimum absolute atomic E-state index is 0.351. The number of halogens is 3. The van der Waals surface area contributed by atoms with Gasteiger partial charge in [0, 0.05) is 0 Å². The summed E-state index contributed by atoms with van der Waals surface area (Å²) in [4.78, 5) is 23.2. The van der Waals surface area contributed by atoms with E-state index in [2.05, 4.69) is 0 Å². The number of esters is 2. The molecule has 0 aliphatic carbocycles. The van der Waals surface area contributed by atoms with E-state index in [1.165, 1.54) is 0 Å². The van der Waals surface area contributed by atoms with Crippen molar-refractivity contribution in [2.24, 2.45) is 0 Å². The van der Waals surface area contributed by atoms with Gasteiger partial charge in [-0.2, -0.15) is 13.2 Å². The largest absolute Gasteiger partial charge is 0.455 e. The van der Waals surface area contributed by atoms with Crippen molar-refractivity contribution in [3.63, 3.8) is 0 Å². The lowest BCUT2D eigenvalue weighted by Crippen LogP contribution is -2.39. The Hall–Kier alpha value is -2.13. The number of ether oxygens (including phenoxy) is 2. The van der Waals surface area contributed by atoms with E-state index in [0.29, 0.717) is 6.07 Å². The van der Waals surface area contributed by atoms with E-state index >= 15 is 0 Å². The molecule has 23 heavy (non-hydrogen) atoms. The molecule has 1 fully saturated rings. The third-order valence-corrected chi connectivity index (χ3v) is 3.25. The topological polar surface area (TPSA) is 93.1 Å². The van der Waals surface area contributed by atoms with Crippen molar-refractivity contribution >= 4 is 11.9 Å². The highest BCUT2D eigenvalue weighted by atomic mass is 19.4. The number of hydrogen-bond acceptors (Lipinski definition) is 6. The Balaban J connectivity index is 2.14. The fourth-order valence-electron chi connectivity index (χ4n) is 2.12. The van der Waals surface area contributed by atoms with Crippen LogP contribution in [0.15, 0.2) is 24.3 Å². The second-order valence-corrected chi connectivity index (χ2v) is 4.93. The fourth-order valence-corrected chi connectivity index (χ4v) is 2.12. The van der Waals surface area contributed by atoms with Crippen molar-refractivity contribution in [2.75, 3.05) is 6.61 Å². The van der Waals surface area contributed by atoms with Gasteiger partial charge in [0.25, 0.3) is 0 Å². The highest BCUT2D eigenvalue weighted by molar-refractivity contribution is 5.90. The van der Waals surface area contributed by atoms with Crippen LogP contribution in [0.1, 0.15) is 22.3 Å². The molecule has 0 unspecified atom stereocenters. The summed E-state index contributed by atoms with van der Waals surface area (Å²) in [5.41, 5.74) is -1.37. The van der Waals surface area contributed by atoms with Crippen molar-refractivity contribution in [3.05, 3.63) is 35.4 Å². The van der Waals surface area contributed by atoms with E-state index in [9.17, 15) is 27.9 Å². The molecule has 0 radical (unpaired) electrons. The number of rotatable bonds is 4. The van der Waals surface area contributed by atoms with Gasteiger partial charge in [-0.15, -0.1) is 0 Å². The number of benzene rings is 1. The molecule has 0 amide bonds. The Morgan fingerprint density at radius 3 is 2.74 bits per heavy atom. The van der Waals surface area contributed by atoms with Gasteiger partial charge in [0.05, 0.1) is 24.2 Å². The van der Waals surface area contributed by atoms with Crippen LogP contribution >= 0.6 is 0 Å². The molecule has 0 bridgehead atoms. The fraction of sp³-hybridized carbons (Fsp3) is 0.429. The average Bonchev–Trinajstić information content (AvgIpc) is 2.86. The van der Waals surface area contributed by atoms with Gasteiger partial charge in [0.2, 0.25) is 0 Å². The maximum absolute atomic E-state index is 12.6. The zero-order valence-electron chi connectivity index (χ0n) is 11.6. The Kier molecular flexibility index (Phi) is 4.90. The third-order valence-electron chi connectivity index (χ3n) is 3.25. The molecular weight excluding hydrogens is 321 g/mol.